The molecule has 2 amide bonds. The summed E-state index contributed by atoms with van der Waals surface area (Å²) in [6.07, 6.45) is 0. The van der Waals surface area contributed by atoms with Gasteiger partial charge in [0.1, 0.15) is 0 Å². The number of urea groups is 1. The van der Waals surface area contributed by atoms with Crippen molar-refractivity contribution in [3.05, 3.63) is 76.0 Å². The molecule has 6 heteroatoms. The van der Waals surface area contributed by atoms with Crippen molar-refractivity contribution in [1.29, 1.82) is 0 Å². The highest BCUT2D eigenvalue weighted by Crippen LogP contribution is 2.34. The number of nitrogens with one attached hydrogen (secondary N) is 2. The van der Waals surface area contributed by atoms with Crippen LogP contribution in [0.3, 0.4) is 0 Å². The summed E-state index contributed by atoms with van der Waals surface area (Å²) in [7, 11) is 0. The maximum absolute atomic E-state index is 12.6. The van der Waals surface area contributed by atoms with Crippen molar-refractivity contribution in [2.75, 3.05) is 12.1 Å². The van der Waals surface area contributed by atoms with Crippen molar-refractivity contribution in [1.82, 2.24) is 5.32 Å². The van der Waals surface area contributed by atoms with Gasteiger partial charge in [-0.25, -0.2) is 4.79 Å². The van der Waals surface area contributed by atoms with Crippen LogP contribution in [0.15, 0.2) is 60.0 Å². The highest BCUT2D eigenvalue weighted by atomic mass is 32.1. The Morgan fingerprint density at radius 1 is 1.08 bits per heavy atom. The van der Waals surface area contributed by atoms with Crippen LogP contribution in [0.1, 0.15) is 22.0 Å². The van der Waals surface area contributed by atoms with Crippen molar-refractivity contribution in [2.45, 2.75) is 13.0 Å². The Balaban J connectivity index is 1.52. The molecule has 0 aliphatic carbocycles. The Kier molecular flexibility index (Phi) is 4.50. The highest BCUT2D eigenvalue weighted by molar-refractivity contribution is 7.10. The fourth-order valence-corrected chi connectivity index (χ4v) is 3.61. The smallest absolute Gasteiger partial charge is 0.320 e. The summed E-state index contributed by atoms with van der Waals surface area (Å²) in [5, 5.41) is 7.93. The van der Waals surface area contributed by atoms with Gasteiger partial charge in [-0.2, -0.15) is 0 Å². The molecule has 0 unspecified atom stereocenters. The predicted octanol–water partition coefficient (Wildman–Crippen LogP) is 4.70. The summed E-state index contributed by atoms with van der Waals surface area (Å²) < 4.78 is 10.6. The molecular formula is C20H18N2O3S. The molecule has 5 nitrogen and oxygen atoms in total. The van der Waals surface area contributed by atoms with Crippen LogP contribution < -0.4 is 20.1 Å². The van der Waals surface area contributed by atoms with E-state index in [0.717, 1.165) is 10.4 Å². The molecule has 2 N–H and O–H groups in total. The SMILES string of the molecule is Cc1ccc([C@H](NC(=O)Nc2ccc3c(c2)OCO3)c2cccs2)cc1. The van der Waals surface area contributed by atoms with Crippen LogP contribution in [0.4, 0.5) is 10.5 Å². The summed E-state index contributed by atoms with van der Waals surface area (Å²) in [6, 6.07) is 17.0. The zero-order chi connectivity index (χ0) is 17.9. The third kappa shape index (κ3) is 3.50. The zero-order valence-corrected chi connectivity index (χ0v) is 15.0. The number of hydrogen-bond acceptors (Lipinski definition) is 4. The minimum absolute atomic E-state index is 0.204. The quantitative estimate of drug-likeness (QED) is 0.704. The molecule has 0 bridgehead atoms. The third-order valence-corrected chi connectivity index (χ3v) is 5.08. The van der Waals surface area contributed by atoms with E-state index >= 15 is 0 Å². The van der Waals surface area contributed by atoms with E-state index in [1.165, 1.54) is 5.56 Å². The minimum Gasteiger partial charge on any atom is -0.454 e. The molecule has 1 aromatic heterocycles. The van der Waals surface area contributed by atoms with Crippen molar-refractivity contribution in [3.8, 4) is 11.5 Å². The van der Waals surface area contributed by atoms with E-state index in [1.54, 1.807) is 29.5 Å². The van der Waals surface area contributed by atoms with Gasteiger partial charge in [0.2, 0.25) is 6.79 Å². The molecule has 0 radical (unpaired) electrons. The average molecular weight is 366 g/mol. The van der Waals surface area contributed by atoms with Crippen LogP contribution in [0.5, 0.6) is 11.5 Å². The summed E-state index contributed by atoms with van der Waals surface area (Å²) in [5.74, 6) is 1.32. The van der Waals surface area contributed by atoms with Gasteiger partial charge < -0.3 is 20.1 Å². The van der Waals surface area contributed by atoms with Crippen LogP contribution in [0.25, 0.3) is 0 Å². The summed E-state index contributed by atoms with van der Waals surface area (Å²) in [4.78, 5) is 13.6. The lowest BCUT2D eigenvalue weighted by Gasteiger charge is -2.19. The first-order chi connectivity index (χ1) is 12.7. The van der Waals surface area contributed by atoms with Gasteiger partial charge in [0.15, 0.2) is 11.5 Å². The van der Waals surface area contributed by atoms with Crippen LogP contribution in [0, 0.1) is 6.92 Å². The fraction of sp³-hybridized carbons (Fsp3) is 0.150. The number of ether oxygens (including phenoxy) is 2. The number of carbonyl (C=O) groups excluding carboxylic acids is 1. The van der Waals surface area contributed by atoms with E-state index in [2.05, 4.69) is 10.6 Å². The number of carbonyl (C=O) groups is 1. The predicted molar refractivity (Wildman–Crippen MR) is 102 cm³/mol. The third-order valence-electron chi connectivity index (χ3n) is 4.14. The Labute approximate surface area is 155 Å². The molecule has 0 spiro atoms. The lowest BCUT2D eigenvalue weighted by Crippen LogP contribution is -2.32. The van der Waals surface area contributed by atoms with Crippen LogP contribution >= 0.6 is 11.3 Å². The monoisotopic (exact) mass is 366 g/mol. The lowest BCUT2D eigenvalue weighted by atomic mass is 10.0. The van der Waals surface area contributed by atoms with Gasteiger partial charge in [0.25, 0.3) is 0 Å². The second-order valence-corrected chi connectivity index (χ2v) is 7.00. The van der Waals surface area contributed by atoms with E-state index in [1.807, 2.05) is 48.7 Å². The van der Waals surface area contributed by atoms with Gasteiger partial charge in [-0.15, -0.1) is 11.3 Å². The number of anilines is 1. The minimum atomic E-state index is -0.275. The second-order valence-electron chi connectivity index (χ2n) is 6.03. The van der Waals surface area contributed by atoms with Gasteiger partial charge in [0, 0.05) is 16.6 Å². The van der Waals surface area contributed by atoms with E-state index in [0.29, 0.717) is 17.2 Å². The first-order valence-corrected chi connectivity index (χ1v) is 9.14. The maximum Gasteiger partial charge on any atom is 0.320 e. The van der Waals surface area contributed by atoms with Gasteiger partial charge >= 0.3 is 6.03 Å². The van der Waals surface area contributed by atoms with Crippen LogP contribution in [0.2, 0.25) is 0 Å². The molecule has 3 aromatic rings. The fourth-order valence-electron chi connectivity index (χ4n) is 2.81. The molecule has 2 aromatic carbocycles. The second kappa shape index (κ2) is 7.09. The Morgan fingerprint density at radius 3 is 2.65 bits per heavy atom. The van der Waals surface area contributed by atoms with E-state index < -0.39 is 0 Å². The zero-order valence-electron chi connectivity index (χ0n) is 14.2. The van der Waals surface area contributed by atoms with Gasteiger partial charge in [-0.3, -0.25) is 0 Å². The number of rotatable bonds is 4. The molecule has 132 valence electrons. The molecular weight excluding hydrogens is 348 g/mol. The standard InChI is InChI=1S/C20H18N2O3S/c1-13-4-6-14(7-5-13)19(18-3-2-10-26-18)22-20(23)21-15-8-9-16-17(11-15)25-12-24-16/h2-11,19H,12H2,1H3,(H2,21,22,23)/t19-/m0/s1. The Morgan fingerprint density at radius 2 is 1.88 bits per heavy atom. The number of amides is 2. The van der Waals surface area contributed by atoms with Crippen molar-refractivity contribution >= 4 is 23.1 Å². The van der Waals surface area contributed by atoms with Crippen molar-refractivity contribution in [2.24, 2.45) is 0 Å². The number of fused-ring (bicyclic) bond motifs is 1. The maximum atomic E-state index is 12.6. The van der Waals surface area contributed by atoms with Crippen LogP contribution in [-0.2, 0) is 0 Å². The summed E-state index contributed by atoms with van der Waals surface area (Å²) in [6.45, 7) is 2.25. The Hall–Kier alpha value is -2.99. The topological polar surface area (TPSA) is 59.6 Å². The molecule has 2 heterocycles. The Bertz CT molecular complexity index is 907. The van der Waals surface area contributed by atoms with E-state index in [-0.39, 0.29) is 18.9 Å². The molecule has 0 saturated heterocycles. The largest absolute Gasteiger partial charge is 0.454 e. The average Bonchev–Trinajstić information content (AvgIpc) is 3.32. The molecule has 1 atom stereocenters. The first kappa shape index (κ1) is 16.5. The van der Waals surface area contributed by atoms with E-state index in [9.17, 15) is 4.79 Å². The van der Waals surface area contributed by atoms with E-state index in [4.69, 9.17) is 9.47 Å². The van der Waals surface area contributed by atoms with Crippen LogP contribution in [-0.4, -0.2) is 12.8 Å². The van der Waals surface area contributed by atoms with Gasteiger partial charge in [-0.05, 0) is 36.1 Å². The molecule has 0 fully saturated rings. The number of hydrogen-bond donors (Lipinski definition) is 2. The first-order valence-electron chi connectivity index (χ1n) is 8.26. The lowest BCUT2D eigenvalue weighted by molar-refractivity contribution is 0.174. The summed E-state index contributed by atoms with van der Waals surface area (Å²) >= 11 is 1.62. The van der Waals surface area contributed by atoms with Crippen molar-refractivity contribution < 1.29 is 14.3 Å². The number of aryl methyl sites for hydroxylation is 1. The molecule has 4 rings (SSSR count). The molecule has 1 aliphatic heterocycles. The summed E-state index contributed by atoms with van der Waals surface area (Å²) in [5.41, 5.74) is 2.88. The number of thiophene rings is 1. The van der Waals surface area contributed by atoms with Gasteiger partial charge in [-0.1, -0.05) is 35.9 Å². The molecule has 0 saturated carbocycles. The molecule has 26 heavy (non-hydrogen) atoms. The molecule has 1 aliphatic rings. The normalized spacial score (nSPS) is 13.3. The van der Waals surface area contributed by atoms with Gasteiger partial charge in [0.05, 0.1) is 6.04 Å². The highest BCUT2D eigenvalue weighted by Gasteiger charge is 2.19. The number of benzene rings is 2. The van der Waals surface area contributed by atoms with Crippen molar-refractivity contribution in [3.63, 3.8) is 0 Å².